The molecule has 0 radical (unpaired) electrons. The van der Waals surface area contributed by atoms with Crippen LogP contribution in [0, 0.1) is 0 Å². The minimum atomic E-state index is -0.783. The molecule has 2 rings (SSSR count). The largest absolute Gasteiger partial charge is 0.339 e. The van der Waals surface area contributed by atoms with Gasteiger partial charge in [-0.2, -0.15) is 16.3 Å². The van der Waals surface area contributed by atoms with Gasteiger partial charge in [0.15, 0.2) is 5.16 Å². The molecule has 0 saturated carbocycles. The lowest BCUT2D eigenvalue weighted by Crippen LogP contribution is -2.34. The van der Waals surface area contributed by atoms with E-state index in [0.29, 0.717) is 5.16 Å². The van der Waals surface area contributed by atoms with E-state index in [9.17, 15) is 9.59 Å². The lowest BCUT2D eigenvalue weighted by molar-refractivity contribution is 0.592. The van der Waals surface area contributed by atoms with Gasteiger partial charge in [0.25, 0.3) is 0 Å². The maximum absolute atomic E-state index is 11.3. The van der Waals surface area contributed by atoms with Crippen LogP contribution < -0.4 is 16.9 Å². The molecule has 2 heterocycles. The molecule has 0 aliphatic heterocycles. The number of nitrogens with two attached hydrogens (primary N) is 1. The predicted molar refractivity (Wildman–Crippen MR) is 76.7 cm³/mol. The lowest BCUT2D eigenvalue weighted by Gasteiger charge is -2.19. The smallest absolute Gasteiger partial charge is 0.327 e. The molecule has 0 aliphatic carbocycles. The fourth-order valence-electron chi connectivity index (χ4n) is 1.60. The number of hydrogen-bond acceptors (Lipinski definition) is 6. The molecular weight excluding hydrogens is 284 g/mol. The average Bonchev–Trinajstić information content (AvgIpc) is 2.85. The van der Waals surface area contributed by atoms with E-state index in [2.05, 4.69) is 10.1 Å². The molecule has 3 N–H and O–H groups in total. The van der Waals surface area contributed by atoms with E-state index in [0.717, 1.165) is 5.56 Å². The second kappa shape index (κ2) is 5.72. The maximum atomic E-state index is 11.3. The number of nitrogens with one attached hydrogen (secondary N) is 1. The Bertz CT molecular complexity index is 660. The van der Waals surface area contributed by atoms with Crippen LogP contribution in [0.15, 0.2) is 31.6 Å². The van der Waals surface area contributed by atoms with Gasteiger partial charge in [-0.15, -0.1) is 0 Å². The molecular formula is C11H14N4O2S2. The summed E-state index contributed by atoms with van der Waals surface area (Å²) < 4.78 is 1.44. The number of thiophene rings is 1. The molecule has 2 aromatic heterocycles. The van der Waals surface area contributed by atoms with E-state index in [4.69, 9.17) is 5.73 Å². The average molecular weight is 298 g/mol. The minimum Gasteiger partial charge on any atom is -0.327 e. The molecule has 102 valence electrons. The van der Waals surface area contributed by atoms with Gasteiger partial charge in [-0.25, -0.2) is 0 Å². The van der Waals surface area contributed by atoms with Gasteiger partial charge in [0.2, 0.25) is 0 Å². The Morgan fingerprint density at radius 2 is 2.26 bits per heavy atom. The predicted octanol–water partition coefficient (Wildman–Crippen LogP) is 0.711. The van der Waals surface area contributed by atoms with Crippen molar-refractivity contribution >= 4 is 23.1 Å². The molecule has 0 spiro atoms. The number of aromatic nitrogens is 3. The van der Waals surface area contributed by atoms with E-state index in [1.54, 1.807) is 18.4 Å². The van der Waals surface area contributed by atoms with Gasteiger partial charge in [0.1, 0.15) is 0 Å². The third-order valence-electron chi connectivity index (χ3n) is 2.53. The highest BCUT2D eigenvalue weighted by Crippen LogP contribution is 2.36. The topological polar surface area (TPSA) is 93.8 Å². The van der Waals surface area contributed by atoms with Crippen molar-refractivity contribution in [1.82, 2.24) is 14.8 Å². The molecule has 0 amide bonds. The van der Waals surface area contributed by atoms with Crippen LogP contribution in [0.2, 0.25) is 0 Å². The summed E-state index contributed by atoms with van der Waals surface area (Å²) in [5, 5.41) is 6.84. The van der Waals surface area contributed by atoms with Gasteiger partial charge in [-0.05, 0) is 29.3 Å². The zero-order valence-electron chi connectivity index (χ0n) is 10.5. The number of rotatable bonds is 4. The summed E-state index contributed by atoms with van der Waals surface area (Å²) in [7, 11) is 1.64. The van der Waals surface area contributed by atoms with Gasteiger partial charge < -0.3 is 5.73 Å². The van der Waals surface area contributed by atoms with Crippen LogP contribution in [0.5, 0.6) is 0 Å². The standard InChI is InChI=1S/C11H14N4O2S2/c1-6(12)8(7-3-4-18-5-7)19-11-13-9(16)10(17)14-15(11)2/h3-6,8H,12H2,1-2H3,(H,14,17). The zero-order valence-corrected chi connectivity index (χ0v) is 12.1. The van der Waals surface area contributed by atoms with Gasteiger partial charge in [-0.1, -0.05) is 11.8 Å². The molecule has 2 aromatic rings. The Labute approximate surface area is 117 Å². The Morgan fingerprint density at radius 1 is 1.53 bits per heavy atom. The van der Waals surface area contributed by atoms with Crippen LogP contribution >= 0.6 is 23.1 Å². The van der Waals surface area contributed by atoms with Crippen molar-refractivity contribution in [1.29, 1.82) is 0 Å². The number of aryl methyl sites for hydroxylation is 1. The van der Waals surface area contributed by atoms with E-state index in [-0.39, 0.29) is 11.3 Å². The molecule has 19 heavy (non-hydrogen) atoms. The SMILES string of the molecule is CC(N)C(Sc1nc(=O)c(=O)[nH]n1C)c1ccsc1. The second-order valence-corrected chi connectivity index (χ2v) is 6.04. The molecule has 2 atom stereocenters. The second-order valence-electron chi connectivity index (χ2n) is 4.15. The van der Waals surface area contributed by atoms with Crippen LogP contribution in [-0.2, 0) is 7.05 Å². The molecule has 8 heteroatoms. The number of aromatic amines is 1. The van der Waals surface area contributed by atoms with Crippen molar-refractivity contribution in [3.8, 4) is 0 Å². The fourth-order valence-corrected chi connectivity index (χ4v) is 3.44. The van der Waals surface area contributed by atoms with Crippen molar-refractivity contribution in [3.63, 3.8) is 0 Å². The van der Waals surface area contributed by atoms with Gasteiger partial charge in [0, 0.05) is 13.1 Å². The normalized spacial score (nSPS) is 14.3. The number of nitrogens with zero attached hydrogens (tertiary/aromatic N) is 2. The quantitative estimate of drug-likeness (QED) is 0.640. The lowest BCUT2D eigenvalue weighted by atomic mass is 10.1. The summed E-state index contributed by atoms with van der Waals surface area (Å²) in [6.07, 6.45) is 0. The van der Waals surface area contributed by atoms with Crippen molar-refractivity contribution in [2.45, 2.75) is 23.4 Å². The van der Waals surface area contributed by atoms with Crippen LogP contribution in [0.25, 0.3) is 0 Å². The van der Waals surface area contributed by atoms with E-state index < -0.39 is 11.1 Å². The first-order valence-electron chi connectivity index (χ1n) is 5.60. The van der Waals surface area contributed by atoms with Crippen molar-refractivity contribution < 1.29 is 0 Å². The zero-order chi connectivity index (χ0) is 14.0. The summed E-state index contributed by atoms with van der Waals surface area (Å²) in [6.45, 7) is 1.90. The summed E-state index contributed by atoms with van der Waals surface area (Å²) >= 11 is 2.96. The minimum absolute atomic E-state index is 0.0183. The van der Waals surface area contributed by atoms with Gasteiger partial charge in [0.05, 0.1) is 5.25 Å². The summed E-state index contributed by atoms with van der Waals surface area (Å²) in [6, 6.07) is 1.89. The Kier molecular flexibility index (Phi) is 4.23. The van der Waals surface area contributed by atoms with Crippen molar-refractivity contribution in [2.24, 2.45) is 12.8 Å². The van der Waals surface area contributed by atoms with Crippen LogP contribution in [0.4, 0.5) is 0 Å². The number of H-pyrrole nitrogens is 1. The molecule has 0 fully saturated rings. The van der Waals surface area contributed by atoms with E-state index in [1.807, 2.05) is 23.8 Å². The first-order valence-corrected chi connectivity index (χ1v) is 7.43. The molecule has 0 saturated heterocycles. The Morgan fingerprint density at radius 3 is 2.84 bits per heavy atom. The molecule has 6 nitrogen and oxygen atoms in total. The first-order chi connectivity index (χ1) is 8.99. The molecule has 2 unspecified atom stereocenters. The monoisotopic (exact) mass is 298 g/mol. The van der Waals surface area contributed by atoms with E-state index >= 15 is 0 Å². The van der Waals surface area contributed by atoms with Crippen molar-refractivity contribution in [2.75, 3.05) is 0 Å². The van der Waals surface area contributed by atoms with Gasteiger partial charge in [-0.3, -0.25) is 19.4 Å². The van der Waals surface area contributed by atoms with Crippen LogP contribution in [-0.4, -0.2) is 20.8 Å². The highest BCUT2D eigenvalue weighted by atomic mass is 32.2. The third kappa shape index (κ3) is 3.14. The Balaban J connectivity index is 2.35. The Hall–Kier alpha value is -1.38. The highest BCUT2D eigenvalue weighted by Gasteiger charge is 2.20. The van der Waals surface area contributed by atoms with E-state index in [1.165, 1.54) is 16.4 Å². The molecule has 0 aliphatic rings. The third-order valence-corrected chi connectivity index (χ3v) is 4.76. The summed E-state index contributed by atoms with van der Waals surface area (Å²) in [5.41, 5.74) is 5.57. The highest BCUT2D eigenvalue weighted by molar-refractivity contribution is 7.99. The molecule has 0 aromatic carbocycles. The van der Waals surface area contributed by atoms with Gasteiger partial charge >= 0.3 is 11.1 Å². The summed E-state index contributed by atoms with van der Waals surface area (Å²) in [4.78, 5) is 26.3. The van der Waals surface area contributed by atoms with Crippen LogP contribution in [0.1, 0.15) is 17.7 Å². The van der Waals surface area contributed by atoms with Crippen LogP contribution in [0.3, 0.4) is 0 Å². The molecule has 0 bridgehead atoms. The summed E-state index contributed by atoms with van der Waals surface area (Å²) in [5.74, 6) is 0. The number of thioether (sulfide) groups is 1. The number of hydrogen-bond donors (Lipinski definition) is 2. The van der Waals surface area contributed by atoms with Crippen molar-refractivity contribution in [3.05, 3.63) is 43.1 Å². The first kappa shape index (κ1) is 14.0. The fraction of sp³-hybridized carbons (Fsp3) is 0.364. The maximum Gasteiger partial charge on any atom is 0.339 e.